The van der Waals surface area contributed by atoms with E-state index in [0.717, 1.165) is 49.4 Å². The summed E-state index contributed by atoms with van der Waals surface area (Å²) in [4.78, 5) is 9.31. The summed E-state index contributed by atoms with van der Waals surface area (Å²) in [6.07, 6.45) is 7.21. The molecule has 3 heterocycles. The third kappa shape index (κ3) is 6.04. The van der Waals surface area contributed by atoms with Crippen LogP contribution in [0.25, 0.3) is 11.0 Å². The van der Waals surface area contributed by atoms with Gasteiger partial charge in [0.15, 0.2) is 0 Å². The summed E-state index contributed by atoms with van der Waals surface area (Å²) in [6, 6.07) is 19.7. The predicted octanol–water partition coefficient (Wildman–Crippen LogP) is 5.05. The van der Waals surface area contributed by atoms with Crippen molar-refractivity contribution >= 4 is 22.8 Å². The Bertz CT molecular complexity index is 1220. The first-order valence-corrected chi connectivity index (χ1v) is 13.1. The molecule has 35 heavy (non-hydrogen) atoms. The Hall–Kier alpha value is -2.87. The van der Waals surface area contributed by atoms with Crippen molar-refractivity contribution in [2.24, 2.45) is 5.92 Å². The van der Waals surface area contributed by atoms with Gasteiger partial charge in [-0.2, -0.15) is 8.75 Å². The zero-order valence-electron chi connectivity index (χ0n) is 20.5. The fraction of sp³-hybridized carbons (Fsp3) is 0.393. The first-order valence-electron chi connectivity index (χ1n) is 12.3. The van der Waals surface area contributed by atoms with Gasteiger partial charge in [-0.3, -0.25) is 14.8 Å². The summed E-state index contributed by atoms with van der Waals surface area (Å²) in [6.45, 7) is 4.15. The van der Waals surface area contributed by atoms with Crippen LogP contribution in [0.4, 0.5) is 0 Å². The summed E-state index contributed by atoms with van der Waals surface area (Å²) in [5.74, 6) is 1.58. The Morgan fingerprint density at radius 1 is 0.971 bits per heavy atom. The van der Waals surface area contributed by atoms with E-state index in [2.05, 4.69) is 79.1 Å². The number of hydrogen-bond acceptors (Lipinski definition) is 7. The van der Waals surface area contributed by atoms with Crippen LogP contribution < -0.4 is 4.74 Å². The van der Waals surface area contributed by atoms with Crippen molar-refractivity contribution in [3.05, 3.63) is 83.7 Å². The molecule has 1 aliphatic heterocycles. The largest absolute Gasteiger partial charge is 0.497 e. The minimum absolute atomic E-state index is 0.467. The van der Waals surface area contributed by atoms with Crippen LogP contribution in [0.2, 0.25) is 0 Å². The van der Waals surface area contributed by atoms with E-state index < -0.39 is 0 Å². The summed E-state index contributed by atoms with van der Waals surface area (Å²) >= 11 is 1.29. The van der Waals surface area contributed by atoms with Crippen LogP contribution in [-0.4, -0.2) is 56.8 Å². The zero-order valence-corrected chi connectivity index (χ0v) is 21.3. The maximum Gasteiger partial charge on any atom is 0.119 e. The highest BCUT2D eigenvalue weighted by molar-refractivity contribution is 7.00. The number of piperidine rings is 1. The van der Waals surface area contributed by atoms with Gasteiger partial charge in [-0.1, -0.05) is 18.2 Å². The first-order chi connectivity index (χ1) is 17.2. The number of ether oxygens (including phenoxy) is 1. The predicted molar refractivity (Wildman–Crippen MR) is 142 cm³/mol. The fourth-order valence-electron chi connectivity index (χ4n) is 5.30. The van der Waals surface area contributed by atoms with Gasteiger partial charge in [-0.15, -0.1) is 0 Å². The van der Waals surface area contributed by atoms with Gasteiger partial charge in [0.2, 0.25) is 0 Å². The summed E-state index contributed by atoms with van der Waals surface area (Å²) in [5, 5.41) is 0. The van der Waals surface area contributed by atoms with Crippen LogP contribution in [-0.2, 0) is 19.5 Å². The molecular weight excluding hydrogens is 454 g/mol. The number of nitrogens with zero attached hydrogens (tertiary/aromatic N) is 5. The van der Waals surface area contributed by atoms with Crippen LogP contribution in [0.3, 0.4) is 0 Å². The Labute approximate surface area is 211 Å². The number of likely N-dealkylation sites (tertiary alicyclic amines) is 1. The molecule has 0 N–H and O–H groups in total. The third-order valence-electron chi connectivity index (χ3n) is 7.23. The lowest BCUT2D eigenvalue weighted by Gasteiger charge is -2.40. The molecule has 7 heteroatoms. The molecule has 1 aliphatic rings. The second-order valence-corrected chi connectivity index (χ2v) is 10.1. The number of hydrogen-bond donors (Lipinski definition) is 0. The first kappa shape index (κ1) is 23.9. The molecule has 2 aromatic carbocycles. The highest BCUT2D eigenvalue weighted by atomic mass is 32.1. The van der Waals surface area contributed by atoms with Crippen molar-refractivity contribution in [1.82, 2.24) is 23.5 Å². The van der Waals surface area contributed by atoms with E-state index in [1.807, 2.05) is 18.5 Å². The van der Waals surface area contributed by atoms with Crippen molar-refractivity contribution < 1.29 is 4.74 Å². The van der Waals surface area contributed by atoms with Gasteiger partial charge in [-0.05, 0) is 98.4 Å². The summed E-state index contributed by atoms with van der Waals surface area (Å²) in [7, 11) is 4.01. The van der Waals surface area contributed by atoms with Gasteiger partial charge < -0.3 is 4.74 Å². The lowest BCUT2D eigenvalue weighted by Crippen LogP contribution is -2.44. The number of methoxy groups -OCH3 is 1. The van der Waals surface area contributed by atoms with Gasteiger partial charge in [0.1, 0.15) is 16.8 Å². The fourth-order valence-corrected chi connectivity index (χ4v) is 5.81. The number of fused-ring (bicyclic) bond motifs is 1. The van der Waals surface area contributed by atoms with Crippen LogP contribution in [0.1, 0.15) is 29.5 Å². The number of likely N-dealkylation sites (N-methyl/N-ethyl adjacent to an activating group) is 1. The molecule has 0 radical (unpaired) electrons. The Morgan fingerprint density at radius 2 is 1.77 bits per heavy atom. The number of aromatic nitrogens is 3. The van der Waals surface area contributed by atoms with Crippen molar-refractivity contribution in [2.75, 3.05) is 27.2 Å². The van der Waals surface area contributed by atoms with E-state index in [1.54, 1.807) is 7.11 Å². The van der Waals surface area contributed by atoms with Crippen LogP contribution in [0.5, 0.6) is 5.75 Å². The molecule has 6 nitrogen and oxygen atoms in total. The minimum Gasteiger partial charge on any atom is -0.497 e. The van der Waals surface area contributed by atoms with Gasteiger partial charge in [0.25, 0.3) is 0 Å². The van der Waals surface area contributed by atoms with Gasteiger partial charge in [0, 0.05) is 31.5 Å². The molecule has 1 saturated heterocycles. The second kappa shape index (κ2) is 11.2. The zero-order chi connectivity index (χ0) is 24.0. The number of pyridine rings is 1. The Balaban J connectivity index is 1.26. The van der Waals surface area contributed by atoms with E-state index in [-0.39, 0.29) is 0 Å². The average molecular weight is 488 g/mol. The minimum atomic E-state index is 0.467. The maximum atomic E-state index is 5.50. The Morgan fingerprint density at radius 3 is 2.57 bits per heavy atom. The molecule has 182 valence electrons. The van der Waals surface area contributed by atoms with E-state index in [1.165, 1.54) is 41.3 Å². The topological polar surface area (TPSA) is 54.4 Å². The highest BCUT2D eigenvalue weighted by Crippen LogP contribution is 2.29. The van der Waals surface area contributed by atoms with Crippen molar-refractivity contribution in [2.45, 2.75) is 38.4 Å². The van der Waals surface area contributed by atoms with Crippen molar-refractivity contribution in [1.29, 1.82) is 0 Å². The molecule has 5 rings (SSSR count). The summed E-state index contributed by atoms with van der Waals surface area (Å²) < 4.78 is 14.2. The molecule has 0 aliphatic carbocycles. The number of benzene rings is 2. The molecule has 2 aromatic heterocycles. The van der Waals surface area contributed by atoms with Crippen LogP contribution in [0, 0.1) is 5.92 Å². The van der Waals surface area contributed by atoms with Crippen molar-refractivity contribution in [3.63, 3.8) is 0 Å². The van der Waals surface area contributed by atoms with E-state index in [0.29, 0.717) is 12.0 Å². The molecule has 0 amide bonds. The smallest absolute Gasteiger partial charge is 0.119 e. The monoisotopic (exact) mass is 487 g/mol. The van der Waals surface area contributed by atoms with E-state index >= 15 is 0 Å². The molecule has 0 spiro atoms. The Kier molecular flexibility index (Phi) is 7.66. The maximum absolute atomic E-state index is 5.50. The standard InChI is InChI=1S/C28H33N5OS/c1-32(19-21-8-12-29-13-9-21)28(18-22-4-3-5-25(16-22)34-2)24-10-14-33(15-11-24)20-23-6-7-26-27(17-23)31-35-30-26/h3-9,12-13,16-17,24,28H,10-11,14-15,18-20H2,1-2H3/t28-/m0/s1. The molecule has 0 bridgehead atoms. The lowest BCUT2D eigenvalue weighted by molar-refractivity contribution is 0.0954. The molecule has 1 fully saturated rings. The van der Waals surface area contributed by atoms with Crippen LogP contribution in [0.15, 0.2) is 67.0 Å². The van der Waals surface area contributed by atoms with Crippen LogP contribution >= 0.6 is 11.7 Å². The van der Waals surface area contributed by atoms with Crippen molar-refractivity contribution in [3.8, 4) is 5.75 Å². The SMILES string of the molecule is COc1cccc(C[C@@H](C2CCN(Cc3ccc4nsnc4c3)CC2)N(C)Cc2ccncc2)c1. The molecule has 1 atom stereocenters. The summed E-state index contributed by atoms with van der Waals surface area (Å²) in [5.41, 5.74) is 5.98. The number of rotatable bonds is 9. The van der Waals surface area contributed by atoms with Gasteiger partial charge in [0.05, 0.1) is 18.8 Å². The third-order valence-corrected chi connectivity index (χ3v) is 7.78. The normalized spacial score (nSPS) is 16.1. The van der Waals surface area contributed by atoms with E-state index in [4.69, 9.17) is 4.74 Å². The molecule has 0 saturated carbocycles. The highest BCUT2D eigenvalue weighted by Gasteiger charge is 2.29. The van der Waals surface area contributed by atoms with Gasteiger partial charge >= 0.3 is 0 Å². The van der Waals surface area contributed by atoms with Gasteiger partial charge in [-0.25, -0.2) is 0 Å². The lowest BCUT2D eigenvalue weighted by atomic mass is 9.84. The molecule has 4 aromatic rings. The average Bonchev–Trinajstić information content (AvgIpc) is 3.36. The quantitative estimate of drug-likeness (QED) is 0.329. The molecular formula is C28H33N5OS. The van der Waals surface area contributed by atoms with E-state index in [9.17, 15) is 0 Å². The molecule has 0 unspecified atom stereocenters. The second-order valence-electron chi connectivity index (χ2n) is 9.59.